The smallest absolute Gasteiger partial charge is 0.276 e. The summed E-state index contributed by atoms with van der Waals surface area (Å²) in [5.41, 5.74) is 2.33. The van der Waals surface area contributed by atoms with E-state index in [1.165, 1.54) is 19.2 Å². The Balaban J connectivity index is 1.41. The number of carbonyl (C=O) groups is 1. The van der Waals surface area contributed by atoms with Crippen molar-refractivity contribution in [2.45, 2.75) is 13.8 Å². The van der Waals surface area contributed by atoms with Crippen LogP contribution < -0.4 is 15.6 Å². The molecule has 0 saturated heterocycles. The number of hydrogen-bond acceptors (Lipinski definition) is 7. The quantitative estimate of drug-likeness (QED) is 0.530. The number of anilines is 1. The topological polar surface area (TPSA) is 117 Å². The zero-order chi connectivity index (χ0) is 22.0. The lowest BCUT2D eigenvalue weighted by molar-refractivity contribution is 0.102. The van der Waals surface area contributed by atoms with Crippen LogP contribution in [0.3, 0.4) is 0 Å². The van der Waals surface area contributed by atoms with Crippen molar-refractivity contribution in [1.29, 1.82) is 0 Å². The minimum Gasteiger partial charge on any atom is -0.438 e. The molecule has 3 aromatic heterocycles. The van der Waals surface area contributed by atoms with E-state index in [2.05, 4.69) is 25.6 Å². The van der Waals surface area contributed by atoms with Crippen LogP contribution in [0.25, 0.3) is 5.82 Å². The largest absolute Gasteiger partial charge is 0.438 e. The first kappa shape index (κ1) is 20.0. The summed E-state index contributed by atoms with van der Waals surface area (Å²) < 4.78 is 8.67. The molecule has 1 N–H and O–H groups in total. The summed E-state index contributed by atoms with van der Waals surface area (Å²) >= 11 is 0. The van der Waals surface area contributed by atoms with Crippen molar-refractivity contribution in [3.8, 4) is 17.4 Å². The van der Waals surface area contributed by atoms with E-state index in [0.29, 0.717) is 23.1 Å². The predicted octanol–water partition coefficient (Wildman–Crippen LogP) is 2.42. The third-order valence-corrected chi connectivity index (χ3v) is 4.65. The summed E-state index contributed by atoms with van der Waals surface area (Å²) in [6, 6.07) is 13.0. The van der Waals surface area contributed by atoms with E-state index in [4.69, 9.17) is 4.74 Å². The van der Waals surface area contributed by atoms with Crippen LogP contribution in [0.15, 0.2) is 59.7 Å². The van der Waals surface area contributed by atoms with E-state index in [9.17, 15) is 9.59 Å². The fourth-order valence-electron chi connectivity index (χ4n) is 2.77. The van der Waals surface area contributed by atoms with Gasteiger partial charge in [-0.1, -0.05) is 0 Å². The highest BCUT2D eigenvalue weighted by Crippen LogP contribution is 2.22. The lowest BCUT2D eigenvalue weighted by Crippen LogP contribution is -2.23. The van der Waals surface area contributed by atoms with Gasteiger partial charge in [0.05, 0.1) is 5.69 Å². The highest BCUT2D eigenvalue weighted by Gasteiger charge is 2.10. The summed E-state index contributed by atoms with van der Waals surface area (Å²) in [6.07, 6.45) is 1.70. The van der Waals surface area contributed by atoms with Crippen LogP contribution in [0, 0.1) is 13.8 Å². The summed E-state index contributed by atoms with van der Waals surface area (Å²) in [5, 5.41) is 14.9. The zero-order valence-electron chi connectivity index (χ0n) is 17.1. The van der Waals surface area contributed by atoms with Crippen LogP contribution in [-0.4, -0.2) is 35.4 Å². The van der Waals surface area contributed by atoms with E-state index in [1.807, 2.05) is 18.4 Å². The Morgan fingerprint density at radius 1 is 1.00 bits per heavy atom. The maximum atomic E-state index is 12.3. The molecule has 10 nitrogen and oxygen atoms in total. The standard InChI is InChI=1S/C21H19N7O3/c1-13-14(2)28(12-22-13)18-9-10-19(25-24-18)31-16-6-4-15(5-7-16)23-21(30)17-8-11-20(29)27(3)26-17/h4-12H,1-3H3,(H,23,30). The molecule has 0 bridgehead atoms. The lowest BCUT2D eigenvalue weighted by atomic mass is 10.3. The minimum atomic E-state index is -0.421. The number of aryl methyl sites for hydroxylation is 2. The molecule has 1 aromatic carbocycles. The Morgan fingerprint density at radius 2 is 1.77 bits per heavy atom. The highest BCUT2D eigenvalue weighted by atomic mass is 16.5. The molecule has 31 heavy (non-hydrogen) atoms. The molecular weight excluding hydrogens is 398 g/mol. The highest BCUT2D eigenvalue weighted by molar-refractivity contribution is 6.02. The van der Waals surface area contributed by atoms with Gasteiger partial charge in [0.2, 0.25) is 5.88 Å². The Labute approximate surface area is 177 Å². The van der Waals surface area contributed by atoms with Gasteiger partial charge < -0.3 is 10.1 Å². The van der Waals surface area contributed by atoms with Gasteiger partial charge in [0.1, 0.15) is 17.8 Å². The SMILES string of the molecule is Cc1ncn(-c2ccc(Oc3ccc(NC(=O)c4ccc(=O)n(C)n4)cc3)nn2)c1C. The molecular formula is C21H19N7O3. The lowest BCUT2D eigenvalue weighted by Gasteiger charge is -2.08. The summed E-state index contributed by atoms with van der Waals surface area (Å²) in [6.45, 7) is 3.89. The van der Waals surface area contributed by atoms with Gasteiger partial charge in [-0.3, -0.25) is 14.2 Å². The van der Waals surface area contributed by atoms with Crippen LogP contribution in [0.4, 0.5) is 5.69 Å². The molecule has 0 fully saturated rings. The molecule has 0 radical (unpaired) electrons. The Kier molecular flexibility index (Phi) is 5.27. The van der Waals surface area contributed by atoms with Crippen molar-refractivity contribution in [2.24, 2.45) is 7.05 Å². The van der Waals surface area contributed by atoms with Crippen molar-refractivity contribution >= 4 is 11.6 Å². The number of nitrogens with zero attached hydrogens (tertiary/aromatic N) is 6. The summed E-state index contributed by atoms with van der Waals surface area (Å²) in [5.74, 6) is 1.10. The first-order valence-corrected chi connectivity index (χ1v) is 9.39. The van der Waals surface area contributed by atoms with E-state index >= 15 is 0 Å². The van der Waals surface area contributed by atoms with Gasteiger partial charge in [-0.05, 0) is 50.2 Å². The molecule has 4 rings (SSSR count). The van der Waals surface area contributed by atoms with Gasteiger partial charge in [-0.2, -0.15) is 5.10 Å². The minimum absolute atomic E-state index is 0.140. The average Bonchev–Trinajstić information content (AvgIpc) is 3.10. The number of carbonyl (C=O) groups excluding carboxylic acids is 1. The van der Waals surface area contributed by atoms with Crippen molar-refractivity contribution in [3.63, 3.8) is 0 Å². The molecule has 0 spiro atoms. The van der Waals surface area contributed by atoms with Crippen LogP contribution in [0.1, 0.15) is 21.9 Å². The fraction of sp³-hybridized carbons (Fsp3) is 0.143. The molecule has 0 aliphatic carbocycles. The van der Waals surface area contributed by atoms with Gasteiger partial charge in [0, 0.05) is 30.6 Å². The van der Waals surface area contributed by atoms with Gasteiger partial charge in [0.15, 0.2) is 5.82 Å². The van der Waals surface area contributed by atoms with Crippen LogP contribution in [0.2, 0.25) is 0 Å². The van der Waals surface area contributed by atoms with E-state index in [0.717, 1.165) is 16.1 Å². The molecule has 4 aromatic rings. The fourth-order valence-corrected chi connectivity index (χ4v) is 2.77. The maximum Gasteiger partial charge on any atom is 0.276 e. The van der Waals surface area contributed by atoms with Crippen molar-refractivity contribution in [2.75, 3.05) is 5.32 Å². The van der Waals surface area contributed by atoms with E-state index in [-0.39, 0.29) is 11.3 Å². The van der Waals surface area contributed by atoms with Gasteiger partial charge >= 0.3 is 0 Å². The number of rotatable bonds is 5. The second kappa shape index (κ2) is 8.19. The molecule has 156 valence electrons. The van der Waals surface area contributed by atoms with Crippen LogP contribution in [-0.2, 0) is 7.05 Å². The third-order valence-electron chi connectivity index (χ3n) is 4.65. The molecule has 0 saturated carbocycles. The first-order valence-electron chi connectivity index (χ1n) is 9.39. The van der Waals surface area contributed by atoms with E-state index < -0.39 is 5.91 Å². The molecule has 0 atom stereocenters. The van der Waals surface area contributed by atoms with Crippen molar-refractivity contribution in [3.05, 3.63) is 82.3 Å². The van der Waals surface area contributed by atoms with Crippen molar-refractivity contribution < 1.29 is 9.53 Å². The predicted molar refractivity (Wildman–Crippen MR) is 113 cm³/mol. The Hall–Kier alpha value is -4.34. The van der Waals surface area contributed by atoms with Crippen LogP contribution in [0.5, 0.6) is 11.6 Å². The third kappa shape index (κ3) is 4.32. The monoisotopic (exact) mass is 417 g/mol. The van der Waals surface area contributed by atoms with E-state index in [1.54, 1.807) is 42.7 Å². The molecule has 0 unspecified atom stereocenters. The Bertz CT molecular complexity index is 1290. The number of hydrogen-bond donors (Lipinski definition) is 1. The molecule has 3 heterocycles. The molecule has 0 aliphatic heterocycles. The average molecular weight is 417 g/mol. The second-order valence-electron chi connectivity index (χ2n) is 6.78. The number of amides is 1. The molecule has 10 heteroatoms. The van der Waals surface area contributed by atoms with Gasteiger partial charge in [-0.15, -0.1) is 10.2 Å². The zero-order valence-corrected chi connectivity index (χ0v) is 17.1. The number of imidazole rings is 1. The van der Waals surface area contributed by atoms with Gasteiger partial charge in [0.25, 0.3) is 11.5 Å². The summed E-state index contributed by atoms with van der Waals surface area (Å²) in [4.78, 5) is 27.9. The number of nitrogens with one attached hydrogen (secondary N) is 1. The van der Waals surface area contributed by atoms with Crippen LogP contribution >= 0.6 is 0 Å². The summed E-state index contributed by atoms with van der Waals surface area (Å²) in [7, 11) is 1.48. The molecule has 0 aliphatic rings. The maximum absolute atomic E-state index is 12.3. The van der Waals surface area contributed by atoms with Crippen molar-refractivity contribution in [1.82, 2.24) is 29.5 Å². The number of aromatic nitrogens is 6. The van der Waals surface area contributed by atoms with Gasteiger partial charge in [-0.25, -0.2) is 9.67 Å². The Morgan fingerprint density at radius 3 is 2.39 bits per heavy atom. The molecule has 1 amide bonds. The second-order valence-corrected chi connectivity index (χ2v) is 6.78. The number of benzene rings is 1. The normalized spacial score (nSPS) is 10.7. The number of ether oxygens (including phenoxy) is 1. The first-order chi connectivity index (χ1) is 14.9.